The molecule has 0 heterocycles. The van der Waals surface area contributed by atoms with Gasteiger partial charge in [-0.2, -0.15) is 0 Å². The zero-order chi connectivity index (χ0) is 13.8. The molecule has 1 aromatic carbocycles. The number of nitrogens with one attached hydrogen (secondary N) is 1. The van der Waals surface area contributed by atoms with Crippen molar-refractivity contribution in [3.8, 4) is 5.75 Å². The third-order valence-electron chi connectivity index (χ3n) is 2.30. The van der Waals surface area contributed by atoms with Crippen LogP contribution < -0.4 is 10.5 Å². The molecular formula is C14H22N2O2. The molecule has 18 heavy (non-hydrogen) atoms. The van der Waals surface area contributed by atoms with Crippen LogP contribution in [0.1, 0.15) is 31.9 Å². The lowest BCUT2D eigenvalue weighted by atomic mass is 10.1. The summed E-state index contributed by atoms with van der Waals surface area (Å²) in [6.07, 6.45) is 0. The van der Waals surface area contributed by atoms with Crippen LogP contribution in [0.2, 0.25) is 0 Å². The normalized spacial score (nSPS) is 11.3. The quantitative estimate of drug-likeness (QED) is 0.479. The maximum Gasteiger partial charge on any atom is 0.130 e. The van der Waals surface area contributed by atoms with Gasteiger partial charge < -0.3 is 15.2 Å². The second-order valence-corrected chi connectivity index (χ2v) is 5.22. The van der Waals surface area contributed by atoms with E-state index in [0.29, 0.717) is 24.5 Å². The lowest BCUT2D eigenvalue weighted by Gasteiger charge is -2.20. The first-order valence-corrected chi connectivity index (χ1v) is 6.01. The number of nitrogens with two attached hydrogens (primary N) is 1. The molecule has 1 rings (SSSR count). The largest absolute Gasteiger partial charge is 0.490 e. The molecule has 0 aromatic heterocycles. The predicted octanol–water partition coefficient (Wildman–Crippen LogP) is 2.47. The lowest BCUT2D eigenvalue weighted by Crippen LogP contribution is -2.23. The van der Waals surface area contributed by atoms with Gasteiger partial charge in [0.25, 0.3) is 0 Å². The average molecular weight is 250 g/mol. The van der Waals surface area contributed by atoms with Crippen molar-refractivity contribution in [2.75, 3.05) is 13.2 Å². The fraction of sp³-hybridized carbons (Fsp3) is 0.500. The Balaban J connectivity index is 2.61. The molecule has 3 N–H and O–H groups in total. The fourth-order valence-corrected chi connectivity index (χ4v) is 1.47. The first kappa shape index (κ1) is 14.5. The van der Waals surface area contributed by atoms with E-state index >= 15 is 0 Å². The van der Waals surface area contributed by atoms with Gasteiger partial charge >= 0.3 is 0 Å². The number of aryl methyl sites for hydroxylation is 1. The highest BCUT2D eigenvalue weighted by molar-refractivity contribution is 5.97. The van der Waals surface area contributed by atoms with E-state index in [0.717, 1.165) is 5.56 Å². The minimum absolute atomic E-state index is 0.0155. The molecule has 4 nitrogen and oxygen atoms in total. The van der Waals surface area contributed by atoms with E-state index in [2.05, 4.69) is 0 Å². The van der Waals surface area contributed by atoms with E-state index in [1.54, 1.807) is 6.07 Å². The summed E-state index contributed by atoms with van der Waals surface area (Å²) in [6.45, 7) is 8.93. The van der Waals surface area contributed by atoms with Gasteiger partial charge in [-0.3, -0.25) is 5.41 Å². The van der Waals surface area contributed by atoms with Crippen LogP contribution >= 0.6 is 0 Å². The number of hydrogen-bond donors (Lipinski definition) is 2. The Morgan fingerprint density at radius 2 is 1.94 bits per heavy atom. The van der Waals surface area contributed by atoms with Gasteiger partial charge in [-0.05, 0) is 45.4 Å². The first-order valence-electron chi connectivity index (χ1n) is 6.01. The van der Waals surface area contributed by atoms with Crippen LogP contribution in [0.4, 0.5) is 0 Å². The maximum absolute atomic E-state index is 7.49. The number of ether oxygens (including phenoxy) is 2. The predicted molar refractivity (Wildman–Crippen MR) is 73.4 cm³/mol. The molecular weight excluding hydrogens is 228 g/mol. The third-order valence-corrected chi connectivity index (χ3v) is 2.30. The van der Waals surface area contributed by atoms with Crippen molar-refractivity contribution in [1.82, 2.24) is 0 Å². The smallest absolute Gasteiger partial charge is 0.130 e. The summed E-state index contributed by atoms with van der Waals surface area (Å²) in [5.74, 6) is 0.654. The topological polar surface area (TPSA) is 68.3 Å². The van der Waals surface area contributed by atoms with Crippen LogP contribution in [-0.4, -0.2) is 24.7 Å². The highest BCUT2D eigenvalue weighted by atomic mass is 16.5. The molecule has 0 aliphatic heterocycles. The van der Waals surface area contributed by atoms with Crippen molar-refractivity contribution in [3.05, 3.63) is 29.3 Å². The maximum atomic E-state index is 7.49. The molecule has 0 saturated heterocycles. The number of rotatable bonds is 5. The summed E-state index contributed by atoms with van der Waals surface area (Å²) in [5.41, 5.74) is 7.04. The van der Waals surface area contributed by atoms with Crippen LogP contribution in [-0.2, 0) is 4.74 Å². The molecule has 0 aliphatic rings. The summed E-state index contributed by atoms with van der Waals surface area (Å²) >= 11 is 0. The van der Waals surface area contributed by atoms with Crippen LogP contribution in [0.3, 0.4) is 0 Å². The van der Waals surface area contributed by atoms with Crippen LogP contribution in [0.5, 0.6) is 5.75 Å². The summed E-state index contributed by atoms with van der Waals surface area (Å²) in [5, 5.41) is 7.49. The van der Waals surface area contributed by atoms with Crippen molar-refractivity contribution in [3.63, 3.8) is 0 Å². The molecule has 0 amide bonds. The van der Waals surface area contributed by atoms with E-state index in [9.17, 15) is 0 Å². The van der Waals surface area contributed by atoms with Crippen LogP contribution in [0, 0.1) is 12.3 Å². The molecule has 100 valence electrons. The molecule has 0 bridgehead atoms. The average Bonchev–Trinajstić information content (AvgIpc) is 2.22. The van der Waals surface area contributed by atoms with Crippen LogP contribution in [0.15, 0.2) is 18.2 Å². The van der Waals surface area contributed by atoms with Gasteiger partial charge in [0.15, 0.2) is 0 Å². The second kappa shape index (κ2) is 5.87. The molecule has 1 aromatic rings. The van der Waals surface area contributed by atoms with Crippen LogP contribution in [0.25, 0.3) is 0 Å². The molecule has 0 atom stereocenters. The van der Waals surface area contributed by atoms with E-state index in [1.807, 2.05) is 39.8 Å². The highest BCUT2D eigenvalue weighted by Gasteiger charge is 2.10. The Hall–Kier alpha value is -1.55. The monoisotopic (exact) mass is 250 g/mol. The zero-order valence-corrected chi connectivity index (χ0v) is 11.5. The molecule has 4 heteroatoms. The fourth-order valence-electron chi connectivity index (χ4n) is 1.47. The molecule has 0 saturated carbocycles. The summed E-state index contributed by atoms with van der Waals surface area (Å²) in [6, 6.07) is 5.60. The Labute approximate surface area is 109 Å². The molecule has 0 radical (unpaired) electrons. The van der Waals surface area contributed by atoms with Gasteiger partial charge in [0.2, 0.25) is 0 Å². The Morgan fingerprint density at radius 1 is 1.28 bits per heavy atom. The second-order valence-electron chi connectivity index (χ2n) is 5.22. The van der Waals surface area contributed by atoms with Crippen molar-refractivity contribution in [1.29, 1.82) is 5.41 Å². The molecule has 0 aliphatic carbocycles. The SMILES string of the molecule is Cc1ccc(C(=N)N)c(OCCOC(C)(C)C)c1. The van der Waals surface area contributed by atoms with Gasteiger partial charge in [0.1, 0.15) is 18.2 Å². The van der Waals surface area contributed by atoms with Gasteiger partial charge in [0, 0.05) is 0 Å². The van der Waals surface area contributed by atoms with Gasteiger partial charge in [-0.25, -0.2) is 0 Å². The summed E-state index contributed by atoms with van der Waals surface area (Å²) < 4.78 is 11.2. The van der Waals surface area contributed by atoms with E-state index in [4.69, 9.17) is 20.6 Å². The van der Waals surface area contributed by atoms with Gasteiger partial charge in [-0.15, -0.1) is 0 Å². The Bertz CT molecular complexity index is 422. The lowest BCUT2D eigenvalue weighted by molar-refractivity contribution is -0.0163. The minimum atomic E-state index is -0.167. The highest BCUT2D eigenvalue weighted by Crippen LogP contribution is 2.20. The standard InChI is InChI=1S/C14H22N2O2/c1-10-5-6-11(13(15)16)12(9-10)17-7-8-18-14(2,3)4/h5-6,9H,7-8H2,1-4H3,(H3,15,16). The molecule has 0 spiro atoms. The van der Waals surface area contributed by atoms with Crippen molar-refractivity contribution in [2.24, 2.45) is 5.73 Å². The van der Waals surface area contributed by atoms with E-state index in [1.165, 1.54) is 0 Å². The minimum Gasteiger partial charge on any atom is -0.490 e. The third kappa shape index (κ3) is 4.75. The number of benzene rings is 1. The van der Waals surface area contributed by atoms with Gasteiger partial charge in [0.05, 0.1) is 17.8 Å². The Kier molecular flexibility index (Phi) is 4.73. The van der Waals surface area contributed by atoms with Crippen molar-refractivity contribution >= 4 is 5.84 Å². The Morgan fingerprint density at radius 3 is 2.50 bits per heavy atom. The zero-order valence-electron chi connectivity index (χ0n) is 11.5. The first-order chi connectivity index (χ1) is 8.29. The summed E-state index contributed by atoms with van der Waals surface area (Å²) in [7, 11) is 0. The van der Waals surface area contributed by atoms with Crippen molar-refractivity contribution < 1.29 is 9.47 Å². The number of hydrogen-bond acceptors (Lipinski definition) is 3. The molecule has 0 unspecified atom stereocenters. The van der Waals surface area contributed by atoms with E-state index < -0.39 is 0 Å². The van der Waals surface area contributed by atoms with Gasteiger partial charge in [-0.1, -0.05) is 6.07 Å². The number of nitrogen functional groups attached to an aromatic ring is 1. The van der Waals surface area contributed by atoms with Crippen molar-refractivity contribution in [2.45, 2.75) is 33.3 Å². The number of amidine groups is 1. The van der Waals surface area contributed by atoms with E-state index in [-0.39, 0.29) is 11.4 Å². The molecule has 0 fully saturated rings. The summed E-state index contributed by atoms with van der Waals surface area (Å²) in [4.78, 5) is 0.